The van der Waals surface area contributed by atoms with Crippen LogP contribution >= 0.6 is 0 Å². The van der Waals surface area contributed by atoms with Crippen molar-refractivity contribution in [2.45, 2.75) is 25.7 Å². The van der Waals surface area contributed by atoms with Crippen molar-refractivity contribution in [2.75, 3.05) is 32.7 Å². The molecule has 0 aliphatic carbocycles. The molecule has 1 aliphatic rings. The minimum Gasteiger partial charge on any atom is -0.351 e. The lowest BCUT2D eigenvalue weighted by atomic mass is 10.1. The molecule has 0 amide bonds. The lowest BCUT2D eigenvalue weighted by Gasteiger charge is -2.33. The van der Waals surface area contributed by atoms with Crippen LogP contribution in [0.25, 0.3) is 0 Å². The number of rotatable bonds is 5. The van der Waals surface area contributed by atoms with E-state index >= 15 is 0 Å². The van der Waals surface area contributed by atoms with E-state index in [9.17, 15) is 13.2 Å². The average molecular weight is 390 g/mol. The molecule has 6 nitrogen and oxygen atoms in total. The molecule has 0 N–H and O–H groups in total. The molecule has 0 radical (unpaired) electrons. The van der Waals surface area contributed by atoms with Crippen molar-refractivity contribution >= 4 is 15.8 Å². The zero-order valence-electron chi connectivity index (χ0n) is 16.4. The number of aromatic nitrogens is 1. The molecular weight excluding hydrogens is 362 g/mol. The molecule has 0 spiro atoms. The molecule has 1 aromatic heterocycles. The number of piperazine rings is 1. The Morgan fingerprint density at radius 1 is 1.04 bits per heavy atom. The molecule has 0 bridgehead atoms. The summed E-state index contributed by atoms with van der Waals surface area (Å²) >= 11 is 0. The van der Waals surface area contributed by atoms with E-state index in [0.29, 0.717) is 37.6 Å². The lowest BCUT2D eigenvalue weighted by molar-refractivity contribution is 0.0901. The molecule has 1 aliphatic heterocycles. The van der Waals surface area contributed by atoms with Gasteiger partial charge >= 0.3 is 0 Å². The van der Waals surface area contributed by atoms with E-state index in [1.54, 1.807) is 12.1 Å². The number of carbonyl (C=O) groups excluding carboxylic acids is 1. The summed E-state index contributed by atoms with van der Waals surface area (Å²) in [5.74, 6) is 0.0893. The predicted octanol–water partition coefficient (Wildman–Crippen LogP) is 2.14. The largest absolute Gasteiger partial charge is 0.351 e. The molecule has 146 valence electrons. The third-order valence-corrected chi connectivity index (χ3v) is 7.54. The van der Waals surface area contributed by atoms with E-state index < -0.39 is 10.0 Å². The van der Waals surface area contributed by atoms with Crippen LogP contribution in [-0.4, -0.2) is 60.7 Å². The van der Waals surface area contributed by atoms with E-state index in [-0.39, 0.29) is 5.78 Å². The highest BCUT2D eigenvalue weighted by Gasteiger charge is 2.30. The average Bonchev–Trinajstić information content (AvgIpc) is 2.90. The molecule has 0 saturated carbocycles. The summed E-state index contributed by atoms with van der Waals surface area (Å²) in [7, 11) is -1.53. The molecule has 27 heavy (non-hydrogen) atoms. The SMILES string of the molecule is Cc1ccccc1S(=O)(=O)N1CCN(CC(=O)c2cc(C)n(C)c2C)CC1. The van der Waals surface area contributed by atoms with Crippen molar-refractivity contribution in [1.29, 1.82) is 0 Å². The normalized spacial score (nSPS) is 16.6. The van der Waals surface area contributed by atoms with Crippen LogP contribution in [-0.2, 0) is 17.1 Å². The van der Waals surface area contributed by atoms with Gasteiger partial charge in [0.2, 0.25) is 10.0 Å². The van der Waals surface area contributed by atoms with Crippen molar-refractivity contribution in [3.8, 4) is 0 Å². The number of Topliss-reactive ketones (excluding diaryl/α,β-unsaturated/α-hetero) is 1. The minimum absolute atomic E-state index is 0.0893. The number of hydrogen-bond donors (Lipinski definition) is 0. The predicted molar refractivity (Wildman–Crippen MR) is 106 cm³/mol. The fourth-order valence-electron chi connectivity index (χ4n) is 3.54. The maximum Gasteiger partial charge on any atom is 0.243 e. The number of aryl methyl sites for hydroxylation is 2. The molecule has 0 atom stereocenters. The lowest BCUT2D eigenvalue weighted by Crippen LogP contribution is -2.49. The van der Waals surface area contributed by atoms with Gasteiger partial charge in [0.05, 0.1) is 11.4 Å². The first-order valence-corrected chi connectivity index (χ1v) is 10.6. The third-order valence-electron chi connectivity index (χ3n) is 5.49. The standard InChI is InChI=1S/C20H27N3O3S/c1-15-7-5-6-8-20(15)27(25,26)23-11-9-22(10-12-23)14-19(24)18-13-16(2)21(4)17(18)3/h5-8,13H,9-12,14H2,1-4H3. The van der Waals surface area contributed by atoms with Gasteiger partial charge in [-0.25, -0.2) is 8.42 Å². The van der Waals surface area contributed by atoms with Gasteiger partial charge in [-0.3, -0.25) is 9.69 Å². The number of ketones is 1. The summed E-state index contributed by atoms with van der Waals surface area (Å²) in [5.41, 5.74) is 3.54. The summed E-state index contributed by atoms with van der Waals surface area (Å²) in [6, 6.07) is 8.98. The third kappa shape index (κ3) is 3.85. The summed E-state index contributed by atoms with van der Waals surface area (Å²) in [5, 5.41) is 0. The van der Waals surface area contributed by atoms with Gasteiger partial charge in [-0.2, -0.15) is 4.31 Å². The Balaban J connectivity index is 1.64. The van der Waals surface area contributed by atoms with Crippen molar-refractivity contribution in [1.82, 2.24) is 13.8 Å². The minimum atomic E-state index is -3.49. The highest BCUT2D eigenvalue weighted by atomic mass is 32.2. The second-order valence-electron chi connectivity index (χ2n) is 7.21. The van der Waals surface area contributed by atoms with Crippen molar-refractivity contribution < 1.29 is 13.2 Å². The smallest absolute Gasteiger partial charge is 0.243 e. The Morgan fingerprint density at radius 3 is 2.22 bits per heavy atom. The second kappa shape index (κ2) is 7.58. The van der Waals surface area contributed by atoms with E-state index in [1.807, 2.05) is 55.5 Å². The summed E-state index contributed by atoms with van der Waals surface area (Å²) in [6.07, 6.45) is 0. The Morgan fingerprint density at radius 2 is 1.67 bits per heavy atom. The summed E-state index contributed by atoms with van der Waals surface area (Å²) < 4.78 is 29.3. The number of carbonyl (C=O) groups is 1. The van der Waals surface area contributed by atoms with Crippen LogP contribution in [0.5, 0.6) is 0 Å². The maximum atomic E-state index is 12.9. The first-order valence-electron chi connectivity index (χ1n) is 9.16. The van der Waals surface area contributed by atoms with Crippen molar-refractivity contribution in [3.05, 3.63) is 52.8 Å². The Labute approximate surface area is 161 Å². The molecule has 3 rings (SSSR count). The van der Waals surface area contributed by atoms with Crippen LogP contribution in [0.15, 0.2) is 35.2 Å². The molecule has 2 heterocycles. The topological polar surface area (TPSA) is 62.6 Å². The van der Waals surface area contributed by atoms with Gasteiger partial charge in [-0.15, -0.1) is 0 Å². The zero-order valence-corrected chi connectivity index (χ0v) is 17.2. The van der Waals surface area contributed by atoms with Gasteiger partial charge in [-0.05, 0) is 38.5 Å². The highest BCUT2D eigenvalue weighted by molar-refractivity contribution is 7.89. The fourth-order valence-corrected chi connectivity index (χ4v) is 5.19. The molecule has 7 heteroatoms. The van der Waals surface area contributed by atoms with Crippen LogP contribution < -0.4 is 0 Å². The second-order valence-corrected chi connectivity index (χ2v) is 9.12. The molecular formula is C20H27N3O3S. The van der Waals surface area contributed by atoms with Gasteiger partial charge in [0.1, 0.15) is 0 Å². The Bertz CT molecular complexity index is 955. The first-order chi connectivity index (χ1) is 12.7. The molecule has 0 unspecified atom stereocenters. The van der Waals surface area contributed by atoms with Crippen LogP contribution in [0.4, 0.5) is 0 Å². The first kappa shape index (κ1) is 19.8. The Hall–Kier alpha value is -1.96. The molecule has 2 aromatic rings. The summed E-state index contributed by atoms with van der Waals surface area (Å²) in [4.78, 5) is 15.1. The van der Waals surface area contributed by atoms with Crippen LogP contribution in [0, 0.1) is 20.8 Å². The van der Waals surface area contributed by atoms with Gasteiger partial charge in [-0.1, -0.05) is 18.2 Å². The van der Waals surface area contributed by atoms with Crippen molar-refractivity contribution in [3.63, 3.8) is 0 Å². The van der Waals surface area contributed by atoms with Crippen molar-refractivity contribution in [2.24, 2.45) is 7.05 Å². The highest BCUT2D eigenvalue weighted by Crippen LogP contribution is 2.21. The van der Waals surface area contributed by atoms with Crippen LogP contribution in [0.2, 0.25) is 0 Å². The van der Waals surface area contributed by atoms with E-state index in [0.717, 1.165) is 22.5 Å². The van der Waals surface area contributed by atoms with Gasteiger partial charge < -0.3 is 4.57 Å². The molecule has 1 aromatic carbocycles. The number of sulfonamides is 1. The van der Waals surface area contributed by atoms with E-state index in [1.165, 1.54) is 4.31 Å². The number of benzene rings is 1. The number of hydrogen-bond acceptors (Lipinski definition) is 4. The van der Waals surface area contributed by atoms with Gasteiger partial charge in [0, 0.05) is 50.2 Å². The molecule has 1 saturated heterocycles. The maximum absolute atomic E-state index is 12.9. The van der Waals surface area contributed by atoms with Gasteiger partial charge in [0.25, 0.3) is 0 Å². The Kier molecular flexibility index (Phi) is 5.55. The summed E-state index contributed by atoms with van der Waals surface area (Å²) in [6.45, 7) is 7.98. The van der Waals surface area contributed by atoms with E-state index in [4.69, 9.17) is 0 Å². The van der Waals surface area contributed by atoms with Crippen LogP contribution in [0.3, 0.4) is 0 Å². The van der Waals surface area contributed by atoms with E-state index in [2.05, 4.69) is 0 Å². The number of nitrogens with zero attached hydrogens (tertiary/aromatic N) is 3. The quantitative estimate of drug-likeness (QED) is 0.735. The van der Waals surface area contributed by atoms with Crippen LogP contribution in [0.1, 0.15) is 27.3 Å². The van der Waals surface area contributed by atoms with Gasteiger partial charge in [0.15, 0.2) is 5.78 Å². The fraction of sp³-hybridized carbons (Fsp3) is 0.450. The molecule has 1 fully saturated rings. The zero-order chi connectivity index (χ0) is 19.8. The monoisotopic (exact) mass is 389 g/mol.